The van der Waals surface area contributed by atoms with Crippen molar-refractivity contribution in [2.75, 3.05) is 24.5 Å². The summed E-state index contributed by atoms with van der Waals surface area (Å²) < 4.78 is 77.3. The van der Waals surface area contributed by atoms with Crippen LogP contribution in [0, 0.1) is 5.92 Å². The number of carbonyl (C=O) groups excluding carboxylic acids is 1. The van der Waals surface area contributed by atoms with Gasteiger partial charge in [-0.3, -0.25) is 4.79 Å². The molecule has 1 saturated heterocycles. The first-order valence-electron chi connectivity index (χ1n) is 10.3. The van der Waals surface area contributed by atoms with E-state index in [-0.39, 0.29) is 23.8 Å². The fourth-order valence-electron chi connectivity index (χ4n) is 4.39. The first kappa shape index (κ1) is 22.5. The second kappa shape index (κ2) is 8.01. The molecule has 3 nitrogen and oxygen atoms in total. The lowest BCUT2D eigenvalue weighted by Crippen LogP contribution is -2.54. The Hall–Kier alpha value is -2.71. The van der Waals surface area contributed by atoms with Gasteiger partial charge in [0.2, 0.25) is 5.91 Å². The van der Waals surface area contributed by atoms with Gasteiger partial charge in [0, 0.05) is 37.3 Å². The molecule has 3 unspecified atom stereocenters. The molecule has 2 aliphatic rings. The molecule has 9 heteroatoms. The maximum absolute atomic E-state index is 13.0. The van der Waals surface area contributed by atoms with Crippen LogP contribution in [0.5, 0.6) is 0 Å². The maximum atomic E-state index is 13.0. The SMILES string of the molecule is CC1CN(C(=O)C2CC2c2ccc(C(F)(F)F)cc2)CCN1c1cccc(C(F)(F)F)c1. The van der Waals surface area contributed by atoms with Gasteiger partial charge in [0.25, 0.3) is 0 Å². The van der Waals surface area contributed by atoms with E-state index in [9.17, 15) is 31.1 Å². The van der Waals surface area contributed by atoms with Crippen LogP contribution in [0.15, 0.2) is 48.5 Å². The van der Waals surface area contributed by atoms with E-state index in [1.54, 1.807) is 11.0 Å². The monoisotopic (exact) mass is 456 g/mol. The van der Waals surface area contributed by atoms with Crippen molar-refractivity contribution < 1.29 is 31.1 Å². The molecule has 1 aliphatic carbocycles. The fraction of sp³-hybridized carbons (Fsp3) is 0.435. The number of amides is 1. The van der Waals surface area contributed by atoms with Crippen LogP contribution in [0.1, 0.15) is 36.0 Å². The second-order valence-electron chi connectivity index (χ2n) is 8.44. The molecule has 4 rings (SSSR count). The molecule has 0 N–H and O–H groups in total. The largest absolute Gasteiger partial charge is 0.416 e. The molecule has 2 aromatic rings. The van der Waals surface area contributed by atoms with Gasteiger partial charge in [0.15, 0.2) is 0 Å². The highest BCUT2D eigenvalue weighted by Crippen LogP contribution is 2.49. The first-order valence-corrected chi connectivity index (χ1v) is 10.3. The molecular formula is C23H22F6N2O. The van der Waals surface area contributed by atoms with E-state index >= 15 is 0 Å². The van der Waals surface area contributed by atoms with Crippen molar-refractivity contribution in [1.29, 1.82) is 0 Å². The van der Waals surface area contributed by atoms with E-state index in [0.29, 0.717) is 37.3 Å². The third-order valence-corrected chi connectivity index (χ3v) is 6.22. The molecule has 1 aliphatic heterocycles. The molecule has 1 amide bonds. The van der Waals surface area contributed by atoms with E-state index in [4.69, 9.17) is 0 Å². The highest BCUT2D eigenvalue weighted by molar-refractivity contribution is 5.83. The highest BCUT2D eigenvalue weighted by atomic mass is 19.4. The van der Waals surface area contributed by atoms with Gasteiger partial charge in [0.05, 0.1) is 11.1 Å². The number of carbonyl (C=O) groups is 1. The lowest BCUT2D eigenvalue weighted by Gasteiger charge is -2.41. The van der Waals surface area contributed by atoms with Gasteiger partial charge in [-0.05, 0) is 55.2 Å². The summed E-state index contributed by atoms with van der Waals surface area (Å²) in [7, 11) is 0. The molecule has 2 fully saturated rings. The second-order valence-corrected chi connectivity index (χ2v) is 8.44. The molecule has 0 bridgehead atoms. The minimum atomic E-state index is -4.42. The summed E-state index contributed by atoms with van der Waals surface area (Å²) in [6.07, 6.45) is -8.23. The predicted octanol–water partition coefficient (Wildman–Crippen LogP) is 5.57. The Kier molecular flexibility index (Phi) is 5.63. The number of benzene rings is 2. The third kappa shape index (κ3) is 4.56. The first-order chi connectivity index (χ1) is 14.9. The van der Waals surface area contributed by atoms with Gasteiger partial charge in [0.1, 0.15) is 0 Å². The van der Waals surface area contributed by atoms with Crippen LogP contribution in [0.2, 0.25) is 0 Å². The standard InChI is InChI=1S/C23H22F6N2O/c1-14-13-30(9-10-31(14)18-4-2-3-17(11-18)23(27,28)29)21(32)20-12-19(20)15-5-7-16(8-6-15)22(24,25)26/h2-8,11,14,19-20H,9-10,12-13H2,1H3. The number of hydrogen-bond acceptors (Lipinski definition) is 2. The smallest absolute Gasteiger partial charge is 0.365 e. The number of anilines is 1. The van der Waals surface area contributed by atoms with E-state index in [0.717, 1.165) is 24.3 Å². The van der Waals surface area contributed by atoms with Crippen LogP contribution < -0.4 is 4.90 Å². The highest BCUT2D eigenvalue weighted by Gasteiger charge is 2.47. The van der Waals surface area contributed by atoms with Gasteiger partial charge in [-0.25, -0.2) is 0 Å². The zero-order valence-corrected chi connectivity index (χ0v) is 17.2. The van der Waals surface area contributed by atoms with Crippen LogP contribution >= 0.6 is 0 Å². The number of piperazine rings is 1. The Morgan fingerprint density at radius 3 is 2.16 bits per heavy atom. The predicted molar refractivity (Wildman–Crippen MR) is 107 cm³/mol. The molecule has 32 heavy (non-hydrogen) atoms. The number of nitrogens with zero attached hydrogens (tertiary/aromatic N) is 2. The summed E-state index contributed by atoms with van der Waals surface area (Å²) in [6.45, 7) is 3.03. The van der Waals surface area contributed by atoms with Crippen LogP contribution in [0.3, 0.4) is 0 Å². The Morgan fingerprint density at radius 1 is 0.906 bits per heavy atom. The summed E-state index contributed by atoms with van der Waals surface area (Å²) in [5.74, 6) is -0.411. The van der Waals surface area contributed by atoms with Crippen molar-refractivity contribution in [3.63, 3.8) is 0 Å². The van der Waals surface area contributed by atoms with Crippen LogP contribution in [-0.4, -0.2) is 36.5 Å². The minimum Gasteiger partial charge on any atom is -0.365 e. The Bertz CT molecular complexity index is 985. The van der Waals surface area contributed by atoms with Crippen LogP contribution in [0.25, 0.3) is 0 Å². The summed E-state index contributed by atoms with van der Waals surface area (Å²) in [6, 6.07) is 9.91. The molecule has 0 aromatic heterocycles. The molecule has 2 aromatic carbocycles. The average molecular weight is 456 g/mol. The molecule has 3 atom stereocenters. The van der Waals surface area contributed by atoms with Crippen molar-refractivity contribution in [2.45, 2.75) is 37.7 Å². The number of alkyl halides is 6. The van der Waals surface area contributed by atoms with Crippen molar-refractivity contribution >= 4 is 11.6 Å². The minimum absolute atomic E-state index is 0.0505. The van der Waals surface area contributed by atoms with Crippen molar-refractivity contribution in [3.05, 3.63) is 65.2 Å². The molecule has 1 heterocycles. The molecular weight excluding hydrogens is 434 g/mol. The summed E-state index contributed by atoms with van der Waals surface area (Å²) in [5, 5.41) is 0. The number of rotatable bonds is 3. The Balaban J connectivity index is 1.38. The molecule has 1 saturated carbocycles. The summed E-state index contributed by atoms with van der Waals surface area (Å²) in [5.41, 5.74) is -0.247. The lowest BCUT2D eigenvalue weighted by atomic mass is 10.1. The van der Waals surface area contributed by atoms with Crippen molar-refractivity contribution in [3.8, 4) is 0 Å². The van der Waals surface area contributed by atoms with E-state index < -0.39 is 23.5 Å². The van der Waals surface area contributed by atoms with Crippen molar-refractivity contribution in [2.24, 2.45) is 5.92 Å². The maximum Gasteiger partial charge on any atom is 0.416 e. The van der Waals surface area contributed by atoms with Gasteiger partial charge < -0.3 is 9.80 Å². The van der Waals surface area contributed by atoms with Crippen molar-refractivity contribution in [1.82, 2.24) is 4.90 Å². The summed E-state index contributed by atoms with van der Waals surface area (Å²) >= 11 is 0. The fourth-order valence-corrected chi connectivity index (χ4v) is 4.39. The summed E-state index contributed by atoms with van der Waals surface area (Å²) in [4.78, 5) is 16.5. The van der Waals surface area contributed by atoms with E-state index in [2.05, 4.69) is 0 Å². The number of hydrogen-bond donors (Lipinski definition) is 0. The third-order valence-electron chi connectivity index (χ3n) is 6.22. The number of halogens is 6. The quantitative estimate of drug-likeness (QED) is 0.565. The van der Waals surface area contributed by atoms with Crippen LogP contribution in [-0.2, 0) is 17.1 Å². The van der Waals surface area contributed by atoms with Gasteiger partial charge >= 0.3 is 12.4 Å². The van der Waals surface area contributed by atoms with E-state index in [1.807, 2.05) is 11.8 Å². The zero-order chi connectivity index (χ0) is 23.3. The molecule has 0 radical (unpaired) electrons. The zero-order valence-electron chi connectivity index (χ0n) is 17.2. The average Bonchev–Trinajstić information content (AvgIpc) is 3.53. The van der Waals surface area contributed by atoms with E-state index in [1.165, 1.54) is 18.2 Å². The molecule has 172 valence electrons. The van der Waals surface area contributed by atoms with Crippen LogP contribution in [0.4, 0.5) is 32.0 Å². The lowest BCUT2D eigenvalue weighted by molar-refractivity contribution is -0.138. The Labute approximate surface area is 181 Å². The van der Waals surface area contributed by atoms with Gasteiger partial charge in [-0.1, -0.05) is 18.2 Å². The normalized spacial score (nSPS) is 23.9. The Morgan fingerprint density at radius 2 is 1.56 bits per heavy atom. The van der Waals surface area contributed by atoms with Gasteiger partial charge in [-0.15, -0.1) is 0 Å². The topological polar surface area (TPSA) is 23.6 Å². The van der Waals surface area contributed by atoms with Gasteiger partial charge in [-0.2, -0.15) is 26.3 Å². The molecule has 0 spiro atoms.